The molecule has 1 aromatic carbocycles. The monoisotopic (exact) mass is 438 g/mol. The summed E-state index contributed by atoms with van der Waals surface area (Å²) in [6.07, 6.45) is -0.262. The summed E-state index contributed by atoms with van der Waals surface area (Å²) in [7, 11) is 2.56. The van der Waals surface area contributed by atoms with Crippen molar-refractivity contribution in [3.05, 3.63) is 46.0 Å². The van der Waals surface area contributed by atoms with Crippen LogP contribution in [0.1, 0.15) is 18.4 Å². The van der Waals surface area contributed by atoms with Gasteiger partial charge < -0.3 is 25.4 Å². The van der Waals surface area contributed by atoms with Gasteiger partial charge in [0.2, 0.25) is 5.91 Å². The first-order chi connectivity index (χ1) is 14.7. The first-order valence-corrected chi connectivity index (χ1v) is 9.23. The van der Waals surface area contributed by atoms with Crippen molar-refractivity contribution in [1.29, 1.82) is 0 Å². The Morgan fingerprint density at radius 2 is 1.97 bits per heavy atom. The topological polar surface area (TPSA) is 178 Å². The molecule has 0 spiro atoms. The number of esters is 1. The van der Waals surface area contributed by atoms with E-state index in [-0.39, 0.29) is 38.5 Å². The van der Waals surface area contributed by atoms with Gasteiger partial charge in [0.25, 0.3) is 5.96 Å². The summed E-state index contributed by atoms with van der Waals surface area (Å²) in [5.41, 5.74) is 7.78. The number of carbonyl (C=O) groups excluding carboxylic acids is 3. The van der Waals surface area contributed by atoms with Crippen molar-refractivity contribution >= 4 is 23.9 Å². The highest BCUT2D eigenvalue weighted by molar-refractivity contribution is 5.87. The summed E-state index contributed by atoms with van der Waals surface area (Å²) in [4.78, 5) is 51.2. The number of likely N-dealkylation sites (N-methyl/N-ethyl adjacent to an activating group) is 1. The molecule has 0 aromatic heterocycles. The van der Waals surface area contributed by atoms with Gasteiger partial charge in [0.1, 0.15) is 19.2 Å². The molecule has 0 aliphatic carbocycles. The van der Waals surface area contributed by atoms with Crippen LogP contribution >= 0.6 is 0 Å². The van der Waals surface area contributed by atoms with Crippen LogP contribution in [0.2, 0.25) is 0 Å². The van der Waals surface area contributed by atoms with Crippen LogP contribution in [0.25, 0.3) is 0 Å². The zero-order chi connectivity index (χ0) is 23.2. The number of nitrogens with zero attached hydrogens (tertiary/aromatic N) is 3. The Bertz CT molecular complexity index is 787. The maximum absolute atomic E-state index is 12.2. The molecule has 0 heterocycles. The molecule has 0 unspecified atom stereocenters. The number of nitro groups is 1. The smallest absolute Gasteiger partial charge is 0.410 e. The number of hydrogen-bond acceptors (Lipinski definition) is 8. The average Bonchev–Trinajstić information content (AvgIpc) is 2.73. The Kier molecular flexibility index (Phi) is 10.8. The van der Waals surface area contributed by atoms with Crippen LogP contribution in [0.3, 0.4) is 0 Å². The molecule has 170 valence electrons. The standard InChI is InChI=1S/C18H26N6O7/c1-23(18(27)31-12-13-7-4-3-5-8-13)11-15(25)21-14(16(26)30-2)9-6-10-20-17(19)22-24(28)29/h3-5,7-8,14H,6,9-12H2,1-2H3,(H,21,25)(H3,19,20,22)/t14-/m0/s1. The molecule has 0 radical (unpaired) electrons. The van der Waals surface area contributed by atoms with Gasteiger partial charge in [-0.05, 0) is 18.4 Å². The highest BCUT2D eigenvalue weighted by Gasteiger charge is 2.23. The van der Waals surface area contributed by atoms with Gasteiger partial charge in [-0.15, -0.1) is 0 Å². The van der Waals surface area contributed by atoms with Gasteiger partial charge in [-0.2, -0.15) is 0 Å². The zero-order valence-electron chi connectivity index (χ0n) is 17.3. The quantitative estimate of drug-likeness (QED) is 0.105. The maximum Gasteiger partial charge on any atom is 0.410 e. The number of hydrogen-bond donors (Lipinski definition) is 3. The van der Waals surface area contributed by atoms with Gasteiger partial charge in [-0.3, -0.25) is 4.79 Å². The van der Waals surface area contributed by atoms with Gasteiger partial charge in [0, 0.05) is 13.6 Å². The Labute approximate surface area is 178 Å². The SMILES string of the molecule is COC(=O)[C@H](CCCN=C(N)N[N+](=O)[O-])NC(=O)CN(C)C(=O)OCc1ccccc1. The Hall–Kier alpha value is -3.90. The van der Waals surface area contributed by atoms with Crippen LogP contribution < -0.4 is 16.5 Å². The number of carbonyl (C=O) groups is 3. The van der Waals surface area contributed by atoms with E-state index in [0.29, 0.717) is 0 Å². The third-order valence-corrected chi connectivity index (χ3v) is 3.86. The molecule has 1 aromatic rings. The van der Waals surface area contributed by atoms with Crippen LogP contribution in [0, 0.1) is 10.1 Å². The largest absolute Gasteiger partial charge is 0.467 e. The molecule has 0 bridgehead atoms. The highest BCUT2D eigenvalue weighted by atomic mass is 16.7. The molecule has 31 heavy (non-hydrogen) atoms. The van der Waals surface area contributed by atoms with Gasteiger partial charge in [-0.25, -0.2) is 24.7 Å². The molecule has 13 nitrogen and oxygen atoms in total. The van der Waals surface area contributed by atoms with Crippen LogP contribution in [0.15, 0.2) is 35.3 Å². The van der Waals surface area contributed by atoms with Gasteiger partial charge in [0.05, 0.1) is 7.11 Å². The number of methoxy groups -OCH3 is 1. The lowest BCUT2D eigenvalue weighted by atomic mass is 10.1. The van der Waals surface area contributed by atoms with E-state index in [9.17, 15) is 24.5 Å². The van der Waals surface area contributed by atoms with E-state index in [2.05, 4.69) is 15.0 Å². The summed E-state index contributed by atoms with van der Waals surface area (Å²) in [6, 6.07) is 8.08. The molecule has 0 saturated heterocycles. The summed E-state index contributed by atoms with van der Waals surface area (Å²) in [6.45, 7) is -0.188. The second-order valence-corrected chi connectivity index (χ2v) is 6.32. The third-order valence-electron chi connectivity index (χ3n) is 3.86. The third kappa shape index (κ3) is 10.4. The predicted molar refractivity (Wildman–Crippen MR) is 109 cm³/mol. The fraction of sp³-hybridized carbons (Fsp3) is 0.444. The highest BCUT2D eigenvalue weighted by Crippen LogP contribution is 2.04. The minimum atomic E-state index is -0.980. The van der Waals surface area contributed by atoms with E-state index < -0.39 is 29.0 Å². The molecular weight excluding hydrogens is 412 g/mol. The van der Waals surface area contributed by atoms with Crippen molar-refractivity contribution in [2.24, 2.45) is 10.7 Å². The molecule has 13 heteroatoms. The van der Waals surface area contributed by atoms with Gasteiger partial charge in [0.15, 0.2) is 5.03 Å². The van der Waals surface area contributed by atoms with Crippen LogP contribution in [0.5, 0.6) is 0 Å². The van der Waals surface area contributed by atoms with Gasteiger partial charge in [-0.1, -0.05) is 35.8 Å². The number of nitrogens with one attached hydrogen (secondary N) is 2. The number of benzene rings is 1. The van der Waals surface area contributed by atoms with Crippen molar-refractivity contribution in [3.8, 4) is 0 Å². The van der Waals surface area contributed by atoms with E-state index in [1.165, 1.54) is 14.2 Å². The van der Waals surface area contributed by atoms with E-state index in [4.69, 9.17) is 10.5 Å². The molecule has 0 saturated carbocycles. The number of ether oxygens (including phenoxy) is 2. The second kappa shape index (κ2) is 13.3. The number of amides is 2. The molecule has 0 fully saturated rings. The molecule has 1 rings (SSSR count). The molecule has 0 aliphatic rings. The fourth-order valence-corrected chi connectivity index (χ4v) is 2.36. The number of aliphatic imine (C=N–C) groups is 1. The van der Waals surface area contributed by atoms with E-state index >= 15 is 0 Å². The molecule has 1 atom stereocenters. The van der Waals surface area contributed by atoms with E-state index in [0.717, 1.165) is 10.5 Å². The minimum absolute atomic E-state index is 0.0609. The molecule has 0 aliphatic heterocycles. The summed E-state index contributed by atoms with van der Waals surface area (Å²) >= 11 is 0. The average molecular weight is 438 g/mol. The number of rotatable bonds is 11. The minimum Gasteiger partial charge on any atom is -0.467 e. The normalized spacial score (nSPS) is 11.7. The summed E-state index contributed by atoms with van der Waals surface area (Å²) < 4.78 is 9.79. The molecular formula is C18H26N6O7. The Morgan fingerprint density at radius 3 is 2.58 bits per heavy atom. The van der Waals surface area contributed by atoms with E-state index in [1.54, 1.807) is 17.6 Å². The number of nitrogens with two attached hydrogens (primary N) is 1. The maximum atomic E-state index is 12.2. The van der Waals surface area contributed by atoms with Crippen molar-refractivity contribution in [2.45, 2.75) is 25.5 Å². The lowest BCUT2D eigenvalue weighted by Crippen LogP contribution is -2.46. The summed E-state index contributed by atoms with van der Waals surface area (Å²) in [5.74, 6) is -1.64. The van der Waals surface area contributed by atoms with Crippen molar-refractivity contribution in [1.82, 2.24) is 15.6 Å². The zero-order valence-corrected chi connectivity index (χ0v) is 17.3. The lowest BCUT2D eigenvalue weighted by molar-refractivity contribution is -0.525. The Balaban J connectivity index is 2.48. The first kappa shape index (κ1) is 25.1. The molecule has 2 amide bonds. The van der Waals surface area contributed by atoms with Crippen molar-refractivity contribution in [3.63, 3.8) is 0 Å². The van der Waals surface area contributed by atoms with E-state index in [1.807, 2.05) is 18.2 Å². The first-order valence-electron chi connectivity index (χ1n) is 9.23. The van der Waals surface area contributed by atoms with Crippen molar-refractivity contribution in [2.75, 3.05) is 27.2 Å². The second-order valence-electron chi connectivity index (χ2n) is 6.32. The summed E-state index contributed by atoms with van der Waals surface area (Å²) in [5, 5.41) is 11.9. The van der Waals surface area contributed by atoms with Crippen LogP contribution in [-0.4, -0.2) is 67.2 Å². The van der Waals surface area contributed by atoms with Gasteiger partial charge >= 0.3 is 12.1 Å². The molecule has 4 N–H and O–H groups in total. The van der Waals surface area contributed by atoms with Crippen LogP contribution in [-0.2, 0) is 25.7 Å². The predicted octanol–water partition coefficient (Wildman–Crippen LogP) is -0.211. The lowest BCUT2D eigenvalue weighted by Gasteiger charge is -2.20. The fourth-order valence-electron chi connectivity index (χ4n) is 2.36. The van der Waals surface area contributed by atoms with Crippen LogP contribution in [0.4, 0.5) is 4.79 Å². The number of hydrazine groups is 1. The Morgan fingerprint density at radius 1 is 1.29 bits per heavy atom. The number of guanidine groups is 1. The van der Waals surface area contributed by atoms with Crippen molar-refractivity contribution < 1.29 is 28.9 Å².